The fraction of sp³-hybridized carbons (Fsp3) is 0.412. The van der Waals surface area contributed by atoms with E-state index >= 15 is 0 Å². The highest BCUT2D eigenvalue weighted by molar-refractivity contribution is 5.85. The number of aromatic amines is 1. The van der Waals surface area contributed by atoms with E-state index in [1.165, 1.54) is 0 Å². The molecule has 26 heavy (non-hydrogen) atoms. The topological polar surface area (TPSA) is 102 Å². The van der Waals surface area contributed by atoms with Crippen LogP contribution >= 0.6 is 12.4 Å². The van der Waals surface area contributed by atoms with Crippen LogP contribution in [0.3, 0.4) is 0 Å². The van der Waals surface area contributed by atoms with Gasteiger partial charge in [0, 0.05) is 35.5 Å². The molecule has 0 bridgehead atoms. The maximum absolute atomic E-state index is 12.3. The van der Waals surface area contributed by atoms with Gasteiger partial charge in [0.25, 0.3) is 11.4 Å². The molecule has 1 unspecified atom stereocenters. The van der Waals surface area contributed by atoms with Crippen LogP contribution in [0.1, 0.15) is 44.1 Å². The third kappa shape index (κ3) is 4.20. The lowest BCUT2D eigenvalue weighted by atomic mass is 10.2. The summed E-state index contributed by atoms with van der Waals surface area (Å²) in [5, 5.41) is 12.2. The van der Waals surface area contributed by atoms with Crippen molar-refractivity contribution in [3.63, 3.8) is 0 Å². The van der Waals surface area contributed by atoms with E-state index in [4.69, 9.17) is 4.52 Å². The smallest absolute Gasteiger partial charge is 0.256 e. The Morgan fingerprint density at radius 1 is 1.35 bits per heavy atom. The van der Waals surface area contributed by atoms with Crippen LogP contribution in [0.2, 0.25) is 0 Å². The summed E-state index contributed by atoms with van der Waals surface area (Å²) in [5.41, 5.74) is 1.05. The Balaban J connectivity index is 0.00000243. The van der Waals surface area contributed by atoms with Crippen molar-refractivity contribution in [3.05, 3.63) is 39.9 Å². The first kappa shape index (κ1) is 19.9. The van der Waals surface area contributed by atoms with Gasteiger partial charge < -0.3 is 14.8 Å². The predicted molar refractivity (Wildman–Crippen MR) is 103 cm³/mol. The van der Waals surface area contributed by atoms with Crippen LogP contribution < -0.4 is 10.9 Å². The summed E-state index contributed by atoms with van der Waals surface area (Å²) in [6.07, 6.45) is 5.73. The number of pyridine rings is 1. The Hall–Kier alpha value is -2.45. The van der Waals surface area contributed by atoms with E-state index in [1.54, 1.807) is 29.1 Å². The summed E-state index contributed by atoms with van der Waals surface area (Å²) >= 11 is 0. The number of nitrogens with zero attached hydrogens (tertiary/aromatic N) is 4. The summed E-state index contributed by atoms with van der Waals surface area (Å²) in [7, 11) is 1.88. The number of rotatable bonds is 6. The normalized spacial score (nSPS) is 12.8. The molecule has 0 saturated carbocycles. The first-order chi connectivity index (χ1) is 12.0. The van der Waals surface area contributed by atoms with Crippen LogP contribution in [0.4, 0.5) is 0 Å². The molecule has 1 atom stereocenters. The van der Waals surface area contributed by atoms with E-state index in [0.29, 0.717) is 23.7 Å². The minimum Gasteiger partial charge on any atom is -0.335 e. The van der Waals surface area contributed by atoms with Gasteiger partial charge in [0.1, 0.15) is 5.65 Å². The Labute approximate surface area is 157 Å². The molecule has 0 aliphatic carbocycles. The number of hydrogen-bond acceptors (Lipinski definition) is 6. The standard InChI is InChI=1S/C17H22N6O2.ClH/c1-10(2)23-16-13(9-19-23)8-12(17(24)21-16)5-6-15-20-14(22-25-15)7-11(3)18-4;/h5-6,8-11,18H,7H2,1-4H3,(H,21,24);1H/b6-5+;. The Kier molecular flexibility index (Phi) is 6.33. The zero-order valence-electron chi connectivity index (χ0n) is 15.2. The Bertz CT molecular complexity index is 956. The van der Waals surface area contributed by atoms with Crippen molar-refractivity contribution < 1.29 is 4.52 Å². The van der Waals surface area contributed by atoms with Crippen LogP contribution in [0.25, 0.3) is 23.2 Å². The molecule has 0 aliphatic rings. The van der Waals surface area contributed by atoms with E-state index in [-0.39, 0.29) is 30.0 Å². The highest BCUT2D eigenvalue weighted by Crippen LogP contribution is 2.15. The van der Waals surface area contributed by atoms with Gasteiger partial charge in [0.15, 0.2) is 5.82 Å². The second-order valence-electron chi connectivity index (χ2n) is 6.32. The molecule has 0 radical (unpaired) electrons. The molecule has 0 aromatic carbocycles. The van der Waals surface area contributed by atoms with Gasteiger partial charge in [-0.25, -0.2) is 4.68 Å². The van der Waals surface area contributed by atoms with Crippen molar-refractivity contribution >= 4 is 35.6 Å². The first-order valence-electron chi connectivity index (χ1n) is 8.26. The van der Waals surface area contributed by atoms with Gasteiger partial charge in [-0.05, 0) is 40.0 Å². The molecule has 8 nitrogen and oxygen atoms in total. The molecule has 3 aromatic rings. The molecule has 0 amide bonds. The molecule has 2 N–H and O–H groups in total. The molecule has 9 heteroatoms. The average Bonchev–Trinajstić information content (AvgIpc) is 3.19. The van der Waals surface area contributed by atoms with E-state index in [1.807, 2.05) is 27.8 Å². The molecule has 3 heterocycles. The van der Waals surface area contributed by atoms with Gasteiger partial charge in [-0.2, -0.15) is 10.1 Å². The van der Waals surface area contributed by atoms with E-state index in [0.717, 1.165) is 11.0 Å². The van der Waals surface area contributed by atoms with Crippen LogP contribution in [-0.4, -0.2) is 38.0 Å². The highest BCUT2D eigenvalue weighted by atomic mass is 35.5. The van der Waals surface area contributed by atoms with E-state index < -0.39 is 0 Å². The van der Waals surface area contributed by atoms with Crippen LogP contribution in [-0.2, 0) is 6.42 Å². The third-order valence-corrected chi connectivity index (χ3v) is 3.99. The summed E-state index contributed by atoms with van der Waals surface area (Å²) in [5.74, 6) is 1.000. The van der Waals surface area contributed by atoms with Crippen LogP contribution in [0.5, 0.6) is 0 Å². The fourth-order valence-electron chi connectivity index (χ4n) is 2.49. The number of nitrogens with one attached hydrogen (secondary N) is 2. The Morgan fingerprint density at radius 3 is 2.81 bits per heavy atom. The van der Waals surface area contributed by atoms with Crippen molar-refractivity contribution in [2.75, 3.05) is 7.05 Å². The maximum atomic E-state index is 12.3. The minimum absolute atomic E-state index is 0. The van der Waals surface area contributed by atoms with Crippen molar-refractivity contribution in [1.82, 2.24) is 30.2 Å². The molecular weight excluding hydrogens is 356 g/mol. The monoisotopic (exact) mass is 378 g/mol. The van der Waals surface area contributed by atoms with Crippen LogP contribution in [0, 0.1) is 0 Å². The fourth-order valence-corrected chi connectivity index (χ4v) is 2.49. The molecule has 3 aromatic heterocycles. The number of hydrogen-bond donors (Lipinski definition) is 2. The lowest BCUT2D eigenvalue weighted by Gasteiger charge is -2.06. The number of aromatic nitrogens is 5. The lowest BCUT2D eigenvalue weighted by molar-refractivity contribution is 0.400. The molecule has 0 aliphatic heterocycles. The molecule has 0 saturated heterocycles. The van der Waals surface area contributed by atoms with Crippen molar-refractivity contribution in [1.29, 1.82) is 0 Å². The average molecular weight is 379 g/mol. The zero-order chi connectivity index (χ0) is 18.0. The number of halogens is 1. The van der Waals surface area contributed by atoms with Gasteiger partial charge in [0.2, 0.25) is 0 Å². The highest BCUT2D eigenvalue weighted by Gasteiger charge is 2.10. The molecule has 140 valence electrons. The summed E-state index contributed by atoms with van der Waals surface area (Å²) < 4.78 is 6.98. The quantitative estimate of drug-likeness (QED) is 0.683. The number of likely N-dealkylation sites (N-methyl/N-ethyl adjacent to an activating group) is 1. The largest absolute Gasteiger partial charge is 0.335 e. The van der Waals surface area contributed by atoms with Gasteiger partial charge in [-0.1, -0.05) is 5.16 Å². The van der Waals surface area contributed by atoms with E-state index in [2.05, 4.69) is 25.5 Å². The summed E-state index contributed by atoms with van der Waals surface area (Å²) in [6.45, 7) is 6.07. The summed E-state index contributed by atoms with van der Waals surface area (Å²) in [6, 6.07) is 2.24. The van der Waals surface area contributed by atoms with Gasteiger partial charge in [0.05, 0.1) is 6.20 Å². The van der Waals surface area contributed by atoms with E-state index in [9.17, 15) is 4.79 Å². The second kappa shape index (κ2) is 8.29. The summed E-state index contributed by atoms with van der Waals surface area (Å²) in [4.78, 5) is 19.5. The third-order valence-electron chi connectivity index (χ3n) is 3.99. The maximum Gasteiger partial charge on any atom is 0.256 e. The second-order valence-corrected chi connectivity index (χ2v) is 6.32. The Morgan fingerprint density at radius 2 is 2.12 bits per heavy atom. The molecule has 0 fully saturated rings. The zero-order valence-corrected chi connectivity index (χ0v) is 16.0. The van der Waals surface area contributed by atoms with Crippen LogP contribution in [0.15, 0.2) is 21.6 Å². The predicted octanol–water partition coefficient (Wildman–Crippen LogP) is 2.43. The number of H-pyrrole nitrogens is 1. The molecule has 0 spiro atoms. The number of fused-ring (bicyclic) bond motifs is 1. The van der Waals surface area contributed by atoms with Crippen molar-refractivity contribution in [3.8, 4) is 0 Å². The van der Waals surface area contributed by atoms with Gasteiger partial charge >= 0.3 is 0 Å². The first-order valence-corrected chi connectivity index (χ1v) is 8.26. The molecule has 3 rings (SSSR count). The van der Waals surface area contributed by atoms with Crippen molar-refractivity contribution in [2.24, 2.45) is 0 Å². The lowest BCUT2D eigenvalue weighted by Crippen LogP contribution is -2.24. The SMILES string of the molecule is CNC(C)Cc1noc(/C=C/c2cc3cnn(C(C)C)c3[nH]c2=O)n1.Cl. The van der Waals surface area contributed by atoms with Crippen molar-refractivity contribution in [2.45, 2.75) is 39.3 Å². The van der Waals surface area contributed by atoms with Gasteiger partial charge in [-0.3, -0.25) is 4.79 Å². The molecular formula is C17H23ClN6O2. The minimum atomic E-state index is -0.185. The van der Waals surface area contributed by atoms with Gasteiger partial charge in [-0.15, -0.1) is 12.4 Å².